The Hall–Kier alpha value is -1.01. The first-order valence-corrected chi connectivity index (χ1v) is 5.77. The number of nitrogens with zero attached hydrogens (tertiary/aromatic N) is 1. The molecule has 0 aliphatic carbocycles. The van der Waals surface area contributed by atoms with Crippen LogP contribution >= 0.6 is 12.4 Å². The van der Waals surface area contributed by atoms with Crippen molar-refractivity contribution in [3.8, 4) is 0 Å². The Bertz CT molecular complexity index is 304. The standard InChI is InChI=1S/C11H21N3O3.ClH/c1-11(2,3)17-10(16)14-6-5-13-7-8(14)9(15)12-4;/h8,13H,5-7H2,1-4H3,(H,12,15);1H. The van der Waals surface area contributed by atoms with E-state index in [2.05, 4.69) is 10.6 Å². The highest BCUT2D eigenvalue weighted by atomic mass is 35.5. The number of amides is 2. The van der Waals surface area contributed by atoms with Crippen LogP contribution in [0.5, 0.6) is 0 Å². The number of carbonyl (C=O) groups is 2. The van der Waals surface area contributed by atoms with E-state index in [9.17, 15) is 9.59 Å². The summed E-state index contributed by atoms with van der Waals surface area (Å²) in [6, 6.07) is -0.497. The van der Waals surface area contributed by atoms with Crippen LogP contribution in [0, 0.1) is 0 Å². The molecule has 0 spiro atoms. The lowest BCUT2D eigenvalue weighted by Gasteiger charge is -2.35. The smallest absolute Gasteiger partial charge is 0.411 e. The number of hydrogen-bond donors (Lipinski definition) is 2. The van der Waals surface area contributed by atoms with Crippen LogP contribution in [0.3, 0.4) is 0 Å². The number of hydrogen-bond acceptors (Lipinski definition) is 4. The van der Waals surface area contributed by atoms with Crippen LogP contribution in [0.1, 0.15) is 20.8 Å². The largest absolute Gasteiger partial charge is 0.444 e. The molecule has 2 N–H and O–H groups in total. The molecule has 7 heteroatoms. The van der Waals surface area contributed by atoms with E-state index in [0.717, 1.165) is 0 Å². The summed E-state index contributed by atoms with van der Waals surface area (Å²) in [6.45, 7) is 7.03. The van der Waals surface area contributed by atoms with Gasteiger partial charge in [0.1, 0.15) is 11.6 Å². The number of halogens is 1. The summed E-state index contributed by atoms with van der Waals surface area (Å²) in [5.74, 6) is -0.178. The molecule has 2 amide bonds. The van der Waals surface area contributed by atoms with Crippen molar-refractivity contribution in [3.63, 3.8) is 0 Å². The molecular weight excluding hydrogens is 258 g/mol. The summed E-state index contributed by atoms with van der Waals surface area (Å²) in [6.07, 6.45) is -0.437. The molecule has 0 radical (unpaired) electrons. The predicted octanol–water partition coefficient (Wildman–Crippen LogP) is 0.363. The Balaban J connectivity index is 0.00000289. The van der Waals surface area contributed by atoms with Crippen LogP contribution in [0.15, 0.2) is 0 Å². The minimum atomic E-state index is -0.546. The predicted molar refractivity (Wildman–Crippen MR) is 70.9 cm³/mol. The van der Waals surface area contributed by atoms with Gasteiger partial charge in [-0.2, -0.15) is 0 Å². The zero-order valence-electron chi connectivity index (χ0n) is 11.3. The maximum Gasteiger partial charge on any atom is 0.411 e. The lowest BCUT2D eigenvalue weighted by atomic mass is 10.2. The highest BCUT2D eigenvalue weighted by molar-refractivity contribution is 5.86. The van der Waals surface area contributed by atoms with Crippen molar-refractivity contribution < 1.29 is 14.3 Å². The van der Waals surface area contributed by atoms with Crippen LogP contribution < -0.4 is 10.6 Å². The number of nitrogens with one attached hydrogen (secondary N) is 2. The quantitative estimate of drug-likeness (QED) is 0.727. The summed E-state index contributed by atoms with van der Waals surface area (Å²) in [7, 11) is 1.56. The highest BCUT2D eigenvalue weighted by Crippen LogP contribution is 2.13. The van der Waals surface area contributed by atoms with Crippen molar-refractivity contribution in [3.05, 3.63) is 0 Å². The normalized spacial score (nSPS) is 19.8. The van der Waals surface area contributed by atoms with Gasteiger partial charge in [0.25, 0.3) is 0 Å². The van der Waals surface area contributed by atoms with E-state index in [4.69, 9.17) is 4.74 Å². The van der Waals surface area contributed by atoms with E-state index in [-0.39, 0.29) is 18.3 Å². The molecule has 1 unspecified atom stereocenters. The summed E-state index contributed by atoms with van der Waals surface area (Å²) in [5, 5.41) is 5.64. The van der Waals surface area contributed by atoms with Crippen LogP contribution in [-0.4, -0.2) is 55.2 Å². The van der Waals surface area contributed by atoms with Crippen molar-refractivity contribution in [2.45, 2.75) is 32.4 Å². The minimum absolute atomic E-state index is 0. The number of ether oxygens (including phenoxy) is 1. The Morgan fingerprint density at radius 2 is 2.00 bits per heavy atom. The molecule has 1 saturated heterocycles. The first kappa shape index (κ1) is 17.0. The molecule has 1 fully saturated rings. The van der Waals surface area contributed by atoms with Gasteiger partial charge in [-0.1, -0.05) is 0 Å². The first-order chi connectivity index (χ1) is 7.85. The van der Waals surface area contributed by atoms with Gasteiger partial charge in [0.15, 0.2) is 0 Å². The van der Waals surface area contributed by atoms with Crippen molar-refractivity contribution in [1.29, 1.82) is 0 Å². The summed E-state index contributed by atoms with van der Waals surface area (Å²) in [4.78, 5) is 25.1. The van der Waals surface area contributed by atoms with Crippen molar-refractivity contribution in [2.75, 3.05) is 26.7 Å². The van der Waals surface area contributed by atoms with Gasteiger partial charge in [0, 0.05) is 26.7 Å². The second-order valence-electron chi connectivity index (χ2n) is 5.01. The van der Waals surface area contributed by atoms with E-state index in [1.54, 1.807) is 7.05 Å². The summed E-state index contributed by atoms with van der Waals surface area (Å²) in [5.41, 5.74) is -0.546. The van der Waals surface area contributed by atoms with Gasteiger partial charge >= 0.3 is 6.09 Å². The molecule has 1 atom stereocenters. The second-order valence-corrected chi connectivity index (χ2v) is 5.01. The Kier molecular flexibility index (Phi) is 6.42. The number of piperazine rings is 1. The maximum absolute atomic E-state index is 11.9. The monoisotopic (exact) mass is 279 g/mol. The number of rotatable bonds is 1. The lowest BCUT2D eigenvalue weighted by molar-refractivity contribution is -0.126. The summed E-state index contributed by atoms with van der Waals surface area (Å²) < 4.78 is 5.28. The molecule has 1 aliphatic heterocycles. The van der Waals surface area contributed by atoms with Gasteiger partial charge in [-0.15, -0.1) is 12.4 Å². The fourth-order valence-corrected chi connectivity index (χ4v) is 1.64. The zero-order chi connectivity index (χ0) is 13.1. The first-order valence-electron chi connectivity index (χ1n) is 5.77. The van der Waals surface area contributed by atoms with E-state index in [1.807, 2.05) is 20.8 Å². The van der Waals surface area contributed by atoms with E-state index in [0.29, 0.717) is 19.6 Å². The van der Waals surface area contributed by atoms with Crippen molar-refractivity contribution in [2.24, 2.45) is 0 Å². The third-order valence-corrected chi connectivity index (χ3v) is 2.42. The number of likely N-dealkylation sites (N-methyl/N-ethyl adjacent to an activating group) is 1. The average Bonchev–Trinajstić information content (AvgIpc) is 2.25. The second kappa shape index (κ2) is 6.80. The molecular formula is C11H22ClN3O3. The van der Waals surface area contributed by atoms with Crippen LogP contribution in [-0.2, 0) is 9.53 Å². The highest BCUT2D eigenvalue weighted by Gasteiger charge is 2.34. The van der Waals surface area contributed by atoms with Gasteiger partial charge in [0.05, 0.1) is 0 Å². The molecule has 0 aromatic heterocycles. The van der Waals surface area contributed by atoms with E-state index < -0.39 is 17.7 Å². The molecule has 1 heterocycles. The molecule has 0 aromatic carbocycles. The third-order valence-electron chi connectivity index (χ3n) is 2.42. The molecule has 0 bridgehead atoms. The molecule has 0 saturated carbocycles. The van der Waals surface area contributed by atoms with Gasteiger partial charge < -0.3 is 15.4 Å². The van der Waals surface area contributed by atoms with Crippen LogP contribution in [0.4, 0.5) is 4.79 Å². The topological polar surface area (TPSA) is 70.7 Å². The molecule has 106 valence electrons. The summed E-state index contributed by atoms with van der Waals surface area (Å²) >= 11 is 0. The molecule has 1 rings (SSSR count). The number of carbonyl (C=O) groups excluding carboxylic acids is 2. The average molecular weight is 280 g/mol. The van der Waals surface area contributed by atoms with Crippen LogP contribution in [0.2, 0.25) is 0 Å². The van der Waals surface area contributed by atoms with Crippen LogP contribution in [0.25, 0.3) is 0 Å². The minimum Gasteiger partial charge on any atom is -0.444 e. The SMILES string of the molecule is CNC(=O)C1CNCCN1C(=O)OC(C)(C)C.Cl. The fraction of sp³-hybridized carbons (Fsp3) is 0.818. The Morgan fingerprint density at radius 1 is 1.39 bits per heavy atom. The molecule has 18 heavy (non-hydrogen) atoms. The van der Waals surface area contributed by atoms with E-state index >= 15 is 0 Å². The third kappa shape index (κ3) is 4.70. The Labute approximate surface area is 114 Å². The van der Waals surface area contributed by atoms with Crippen molar-refractivity contribution in [1.82, 2.24) is 15.5 Å². The van der Waals surface area contributed by atoms with Gasteiger partial charge in [0.2, 0.25) is 5.91 Å². The maximum atomic E-state index is 11.9. The van der Waals surface area contributed by atoms with Crippen molar-refractivity contribution >= 4 is 24.4 Å². The Morgan fingerprint density at radius 3 is 2.50 bits per heavy atom. The molecule has 6 nitrogen and oxygen atoms in total. The fourth-order valence-electron chi connectivity index (χ4n) is 1.64. The van der Waals surface area contributed by atoms with Gasteiger partial charge in [-0.25, -0.2) is 4.79 Å². The molecule has 0 aromatic rings. The van der Waals surface area contributed by atoms with E-state index in [1.165, 1.54) is 4.90 Å². The zero-order valence-corrected chi connectivity index (χ0v) is 12.1. The van der Waals surface area contributed by atoms with Gasteiger partial charge in [-0.3, -0.25) is 9.69 Å². The molecule has 1 aliphatic rings. The lowest BCUT2D eigenvalue weighted by Crippen LogP contribution is -2.59. The van der Waals surface area contributed by atoms with Gasteiger partial charge in [-0.05, 0) is 20.8 Å².